The van der Waals surface area contributed by atoms with Gasteiger partial charge in [-0.1, -0.05) is 36.4 Å². The highest BCUT2D eigenvalue weighted by atomic mass is 16.4. The van der Waals surface area contributed by atoms with Gasteiger partial charge < -0.3 is 20.6 Å². The van der Waals surface area contributed by atoms with Crippen molar-refractivity contribution < 1.29 is 24.9 Å². The summed E-state index contributed by atoms with van der Waals surface area (Å²) in [6.45, 7) is 0. The summed E-state index contributed by atoms with van der Waals surface area (Å²) in [7, 11) is 0. The molecule has 4 N–H and O–H groups in total. The number of aromatic hydroxyl groups is 2. The van der Waals surface area contributed by atoms with Crippen molar-refractivity contribution in [3.63, 3.8) is 0 Å². The van der Waals surface area contributed by atoms with Crippen molar-refractivity contribution in [3.8, 4) is 11.5 Å². The van der Waals surface area contributed by atoms with Gasteiger partial charge in [0.2, 0.25) is 0 Å². The summed E-state index contributed by atoms with van der Waals surface area (Å²) in [5, 5.41) is 30.5. The zero-order valence-electron chi connectivity index (χ0n) is 10.9. The summed E-state index contributed by atoms with van der Waals surface area (Å²) in [6.07, 6.45) is 0. The van der Waals surface area contributed by atoms with E-state index >= 15 is 0 Å². The Balaban J connectivity index is 2.28. The number of carboxylic acids is 1. The summed E-state index contributed by atoms with van der Waals surface area (Å²) in [5.41, 5.74) is 0.204. The second-order valence-electron chi connectivity index (χ2n) is 4.33. The number of para-hydroxylation sites is 1. The lowest BCUT2D eigenvalue weighted by Gasteiger charge is -2.15. The van der Waals surface area contributed by atoms with Crippen molar-refractivity contribution >= 4 is 11.9 Å². The molecule has 0 aliphatic heterocycles. The topological polar surface area (TPSA) is 107 Å². The Morgan fingerprint density at radius 3 is 2.24 bits per heavy atom. The normalized spacial score (nSPS) is 11.6. The zero-order valence-corrected chi connectivity index (χ0v) is 10.9. The molecule has 21 heavy (non-hydrogen) atoms. The zero-order chi connectivity index (χ0) is 15.4. The predicted molar refractivity (Wildman–Crippen MR) is 74.1 cm³/mol. The van der Waals surface area contributed by atoms with Crippen molar-refractivity contribution in [1.29, 1.82) is 0 Å². The van der Waals surface area contributed by atoms with Crippen LogP contribution in [0, 0.1) is 0 Å². The molecule has 0 saturated heterocycles. The van der Waals surface area contributed by atoms with Gasteiger partial charge in [-0.3, -0.25) is 4.79 Å². The smallest absolute Gasteiger partial charge is 0.330 e. The van der Waals surface area contributed by atoms with Gasteiger partial charge in [-0.25, -0.2) is 4.79 Å². The van der Waals surface area contributed by atoms with Crippen LogP contribution in [-0.4, -0.2) is 27.2 Å². The molecule has 0 aromatic heterocycles. The summed E-state index contributed by atoms with van der Waals surface area (Å²) in [5.74, 6) is -3.06. The molecule has 0 fully saturated rings. The molecular weight excluding hydrogens is 274 g/mol. The van der Waals surface area contributed by atoms with Crippen molar-refractivity contribution in [2.24, 2.45) is 0 Å². The Morgan fingerprint density at radius 1 is 0.952 bits per heavy atom. The average Bonchev–Trinajstić information content (AvgIpc) is 2.48. The van der Waals surface area contributed by atoms with E-state index in [-0.39, 0.29) is 5.56 Å². The Hall–Kier alpha value is -3.02. The highest BCUT2D eigenvalue weighted by Crippen LogP contribution is 2.28. The van der Waals surface area contributed by atoms with E-state index < -0.39 is 29.4 Å². The number of rotatable bonds is 4. The number of carbonyl (C=O) groups is 2. The van der Waals surface area contributed by atoms with E-state index in [0.29, 0.717) is 5.56 Å². The fourth-order valence-corrected chi connectivity index (χ4v) is 1.86. The van der Waals surface area contributed by atoms with Crippen molar-refractivity contribution in [1.82, 2.24) is 5.32 Å². The Labute approximate surface area is 120 Å². The standard InChI is InChI=1S/C15H13NO5/c17-11-8-4-7-10(13(11)18)14(19)16-12(15(20)21)9-5-2-1-3-6-9/h1-8,12,17-18H,(H,16,19)(H,20,21). The van der Waals surface area contributed by atoms with Crippen molar-refractivity contribution in [2.75, 3.05) is 0 Å². The lowest BCUT2D eigenvalue weighted by atomic mass is 10.1. The largest absolute Gasteiger partial charge is 0.504 e. The molecule has 2 aromatic rings. The number of phenolic OH excluding ortho intramolecular Hbond substituents is 2. The fourth-order valence-electron chi connectivity index (χ4n) is 1.86. The summed E-state index contributed by atoms with van der Waals surface area (Å²) < 4.78 is 0. The lowest BCUT2D eigenvalue weighted by Crippen LogP contribution is -2.33. The van der Waals surface area contributed by atoms with Crippen molar-refractivity contribution in [3.05, 3.63) is 59.7 Å². The first kappa shape index (κ1) is 14.4. The third-order valence-corrected chi connectivity index (χ3v) is 2.91. The number of carbonyl (C=O) groups excluding carboxylic acids is 1. The van der Waals surface area contributed by atoms with Gasteiger partial charge in [0.15, 0.2) is 17.5 Å². The second kappa shape index (κ2) is 5.96. The Morgan fingerprint density at radius 2 is 1.62 bits per heavy atom. The molecule has 2 aromatic carbocycles. The molecule has 1 atom stereocenters. The minimum absolute atomic E-state index is 0.197. The minimum Gasteiger partial charge on any atom is -0.504 e. The average molecular weight is 287 g/mol. The number of nitrogens with one attached hydrogen (secondary N) is 1. The molecule has 6 nitrogen and oxygen atoms in total. The van der Waals surface area contributed by atoms with Crippen LogP contribution in [0.1, 0.15) is 22.0 Å². The number of aliphatic carboxylic acids is 1. The van der Waals surface area contributed by atoms with E-state index in [9.17, 15) is 24.9 Å². The first-order valence-corrected chi connectivity index (χ1v) is 6.10. The number of hydrogen-bond donors (Lipinski definition) is 4. The van der Waals surface area contributed by atoms with E-state index in [1.54, 1.807) is 30.3 Å². The van der Waals surface area contributed by atoms with E-state index in [0.717, 1.165) is 0 Å². The van der Waals surface area contributed by atoms with Crippen LogP contribution in [0.15, 0.2) is 48.5 Å². The maximum Gasteiger partial charge on any atom is 0.330 e. The second-order valence-corrected chi connectivity index (χ2v) is 4.33. The van der Waals surface area contributed by atoms with Crippen LogP contribution < -0.4 is 5.32 Å². The SMILES string of the molecule is O=C(NC(C(=O)O)c1ccccc1)c1cccc(O)c1O. The molecule has 0 spiro atoms. The van der Waals surface area contributed by atoms with Crippen LogP contribution >= 0.6 is 0 Å². The van der Waals surface area contributed by atoms with E-state index in [1.807, 2.05) is 0 Å². The number of carboxylic acid groups (broad SMARTS) is 1. The molecule has 1 unspecified atom stereocenters. The molecule has 0 heterocycles. The van der Waals surface area contributed by atoms with Gasteiger partial charge in [0, 0.05) is 0 Å². The van der Waals surface area contributed by atoms with Crippen LogP contribution in [0.3, 0.4) is 0 Å². The molecule has 0 saturated carbocycles. The summed E-state index contributed by atoms with van der Waals surface area (Å²) in [4.78, 5) is 23.4. The monoisotopic (exact) mass is 287 g/mol. The minimum atomic E-state index is -1.25. The quantitative estimate of drug-likeness (QED) is 0.640. The van der Waals surface area contributed by atoms with Gasteiger partial charge in [0.1, 0.15) is 0 Å². The predicted octanol–water partition coefficient (Wildman–Crippen LogP) is 1.65. The van der Waals surface area contributed by atoms with Crippen LogP contribution in [0.25, 0.3) is 0 Å². The summed E-state index contributed by atoms with van der Waals surface area (Å²) in [6, 6.07) is 10.8. The first-order chi connectivity index (χ1) is 10.0. The van der Waals surface area contributed by atoms with E-state index in [4.69, 9.17) is 0 Å². The Bertz CT molecular complexity index is 669. The fraction of sp³-hybridized carbons (Fsp3) is 0.0667. The number of hydrogen-bond acceptors (Lipinski definition) is 4. The first-order valence-electron chi connectivity index (χ1n) is 6.10. The molecule has 108 valence electrons. The van der Waals surface area contributed by atoms with Crippen LogP contribution in [-0.2, 0) is 4.79 Å². The van der Waals surface area contributed by atoms with E-state index in [1.165, 1.54) is 18.2 Å². The van der Waals surface area contributed by atoms with Crippen LogP contribution in [0.4, 0.5) is 0 Å². The molecule has 1 amide bonds. The molecule has 0 aliphatic carbocycles. The maximum atomic E-state index is 12.1. The summed E-state index contributed by atoms with van der Waals surface area (Å²) >= 11 is 0. The van der Waals surface area contributed by atoms with Gasteiger partial charge in [0.25, 0.3) is 5.91 Å². The van der Waals surface area contributed by atoms with Gasteiger partial charge in [-0.05, 0) is 17.7 Å². The van der Waals surface area contributed by atoms with Gasteiger partial charge >= 0.3 is 5.97 Å². The van der Waals surface area contributed by atoms with Gasteiger partial charge in [-0.15, -0.1) is 0 Å². The highest BCUT2D eigenvalue weighted by Gasteiger charge is 2.24. The molecule has 6 heteroatoms. The molecule has 0 bridgehead atoms. The highest BCUT2D eigenvalue weighted by molar-refractivity contribution is 5.99. The third-order valence-electron chi connectivity index (χ3n) is 2.91. The van der Waals surface area contributed by atoms with Crippen LogP contribution in [0.5, 0.6) is 11.5 Å². The van der Waals surface area contributed by atoms with E-state index in [2.05, 4.69) is 5.32 Å². The number of amides is 1. The van der Waals surface area contributed by atoms with Crippen LogP contribution in [0.2, 0.25) is 0 Å². The third kappa shape index (κ3) is 3.11. The van der Waals surface area contributed by atoms with Crippen molar-refractivity contribution in [2.45, 2.75) is 6.04 Å². The van der Waals surface area contributed by atoms with Gasteiger partial charge in [-0.2, -0.15) is 0 Å². The lowest BCUT2D eigenvalue weighted by molar-refractivity contribution is -0.139. The maximum absolute atomic E-state index is 12.1. The Kier molecular flexibility index (Phi) is 4.08. The van der Waals surface area contributed by atoms with Gasteiger partial charge in [0.05, 0.1) is 5.56 Å². The number of phenols is 2. The molecule has 2 rings (SSSR count). The molecular formula is C15H13NO5. The number of benzene rings is 2. The molecule has 0 radical (unpaired) electrons. The molecule has 0 aliphatic rings.